The summed E-state index contributed by atoms with van der Waals surface area (Å²) in [5.41, 5.74) is 0. The molecule has 2 rings (SSSR count). The number of ether oxygens (including phenoxy) is 1. The van der Waals surface area contributed by atoms with E-state index in [0.29, 0.717) is 12.1 Å². The molecule has 130 valence electrons. The molecule has 0 spiro atoms. The molecule has 1 aromatic rings. The van der Waals surface area contributed by atoms with Crippen molar-refractivity contribution < 1.29 is 4.74 Å². The zero-order chi connectivity index (χ0) is 16.7. The standard InChI is InChI=1S/C17H30N4OS/c1-5-18-17(20-13(2)3)19-11-15(16-7-6-10-23-16)21-8-9-22-14(4)12-21/h6-7,10,13-15H,5,8-9,11-12H2,1-4H3,(H2,18,19,20). The normalized spacial score (nSPS) is 21.4. The van der Waals surface area contributed by atoms with E-state index in [1.807, 2.05) is 11.3 Å². The summed E-state index contributed by atoms with van der Waals surface area (Å²) in [6.45, 7) is 12.9. The number of hydrogen-bond acceptors (Lipinski definition) is 4. The second-order valence-corrected chi connectivity index (χ2v) is 7.21. The van der Waals surface area contributed by atoms with Crippen LogP contribution in [0.15, 0.2) is 22.5 Å². The van der Waals surface area contributed by atoms with Gasteiger partial charge in [-0.05, 0) is 39.1 Å². The Bertz CT molecular complexity index is 475. The first-order valence-electron chi connectivity index (χ1n) is 8.54. The molecule has 0 saturated carbocycles. The van der Waals surface area contributed by atoms with Crippen molar-refractivity contribution in [2.45, 2.75) is 45.9 Å². The minimum atomic E-state index is 0.289. The fourth-order valence-electron chi connectivity index (χ4n) is 2.77. The van der Waals surface area contributed by atoms with Crippen LogP contribution in [0.3, 0.4) is 0 Å². The van der Waals surface area contributed by atoms with Gasteiger partial charge in [-0.3, -0.25) is 9.89 Å². The lowest BCUT2D eigenvalue weighted by atomic mass is 10.1. The molecule has 1 saturated heterocycles. The highest BCUT2D eigenvalue weighted by Crippen LogP contribution is 2.27. The first-order valence-corrected chi connectivity index (χ1v) is 9.42. The van der Waals surface area contributed by atoms with Crippen molar-refractivity contribution in [3.63, 3.8) is 0 Å². The van der Waals surface area contributed by atoms with E-state index in [1.54, 1.807) is 0 Å². The SMILES string of the molecule is CCNC(=NCC(c1cccs1)N1CCOC(C)C1)NC(C)C. The van der Waals surface area contributed by atoms with Gasteiger partial charge in [-0.25, -0.2) is 0 Å². The average molecular weight is 339 g/mol. The van der Waals surface area contributed by atoms with E-state index in [2.05, 4.69) is 60.7 Å². The molecule has 1 aromatic heterocycles. The first kappa shape index (κ1) is 18.2. The number of rotatable bonds is 6. The zero-order valence-electron chi connectivity index (χ0n) is 14.7. The minimum absolute atomic E-state index is 0.289. The van der Waals surface area contributed by atoms with Gasteiger partial charge in [0, 0.05) is 30.6 Å². The molecular weight excluding hydrogens is 308 g/mol. The molecule has 1 aliphatic rings. The number of morpholine rings is 1. The van der Waals surface area contributed by atoms with Gasteiger partial charge in [-0.15, -0.1) is 11.3 Å². The van der Waals surface area contributed by atoms with Crippen molar-refractivity contribution in [3.05, 3.63) is 22.4 Å². The average Bonchev–Trinajstić information content (AvgIpc) is 3.01. The van der Waals surface area contributed by atoms with Gasteiger partial charge >= 0.3 is 0 Å². The minimum Gasteiger partial charge on any atom is -0.376 e. The van der Waals surface area contributed by atoms with Crippen LogP contribution < -0.4 is 10.6 Å². The Labute approximate surface area is 144 Å². The van der Waals surface area contributed by atoms with E-state index in [9.17, 15) is 0 Å². The summed E-state index contributed by atoms with van der Waals surface area (Å²) in [4.78, 5) is 8.71. The van der Waals surface area contributed by atoms with Crippen LogP contribution in [0.25, 0.3) is 0 Å². The third kappa shape index (κ3) is 5.79. The summed E-state index contributed by atoms with van der Waals surface area (Å²) in [6, 6.07) is 5.03. The van der Waals surface area contributed by atoms with Crippen molar-refractivity contribution >= 4 is 17.3 Å². The summed E-state index contributed by atoms with van der Waals surface area (Å²) in [5, 5.41) is 8.86. The molecule has 0 amide bonds. The number of hydrogen-bond donors (Lipinski definition) is 2. The largest absolute Gasteiger partial charge is 0.376 e. The monoisotopic (exact) mass is 338 g/mol. The predicted molar refractivity (Wildman–Crippen MR) is 98.3 cm³/mol. The van der Waals surface area contributed by atoms with E-state index in [4.69, 9.17) is 9.73 Å². The van der Waals surface area contributed by atoms with Gasteiger partial charge in [0.2, 0.25) is 0 Å². The van der Waals surface area contributed by atoms with Crippen LogP contribution in [-0.2, 0) is 4.74 Å². The van der Waals surface area contributed by atoms with Crippen molar-refractivity contribution in [3.8, 4) is 0 Å². The van der Waals surface area contributed by atoms with Gasteiger partial charge in [-0.2, -0.15) is 0 Å². The third-order valence-corrected chi connectivity index (χ3v) is 4.75. The van der Waals surface area contributed by atoms with Gasteiger partial charge in [-0.1, -0.05) is 6.07 Å². The second kappa shape index (κ2) is 9.25. The first-order chi connectivity index (χ1) is 11.1. The third-order valence-electron chi connectivity index (χ3n) is 3.78. The molecule has 1 fully saturated rings. The molecule has 0 aromatic carbocycles. The molecule has 2 unspecified atom stereocenters. The number of thiophene rings is 1. The van der Waals surface area contributed by atoms with E-state index in [1.165, 1.54) is 4.88 Å². The summed E-state index contributed by atoms with van der Waals surface area (Å²) in [5.74, 6) is 0.894. The molecule has 6 heteroatoms. The lowest BCUT2D eigenvalue weighted by molar-refractivity contribution is -0.0327. The number of nitrogens with zero attached hydrogens (tertiary/aromatic N) is 2. The summed E-state index contributed by atoms with van der Waals surface area (Å²) >= 11 is 1.81. The molecule has 2 atom stereocenters. The Morgan fingerprint density at radius 1 is 1.52 bits per heavy atom. The molecular formula is C17H30N4OS. The Kier molecular flexibility index (Phi) is 7.33. The maximum absolute atomic E-state index is 5.69. The molecule has 1 aliphatic heterocycles. The lowest BCUT2D eigenvalue weighted by Crippen LogP contribution is -2.45. The zero-order valence-corrected chi connectivity index (χ0v) is 15.5. The summed E-state index contributed by atoms with van der Waals surface area (Å²) in [6.07, 6.45) is 0.289. The Balaban J connectivity index is 2.10. The van der Waals surface area contributed by atoms with Crippen molar-refractivity contribution in [1.29, 1.82) is 0 Å². The maximum Gasteiger partial charge on any atom is 0.191 e. The smallest absolute Gasteiger partial charge is 0.191 e. The molecule has 2 N–H and O–H groups in total. The van der Waals surface area contributed by atoms with Gasteiger partial charge in [0.25, 0.3) is 0 Å². The van der Waals surface area contributed by atoms with Crippen LogP contribution in [0, 0.1) is 0 Å². The van der Waals surface area contributed by atoms with E-state index < -0.39 is 0 Å². The Hall–Kier alpha value is -1.11. The molecule has 5 nitrogen and oxygen atoms in total. The second-order valence-electron chi connectivity index (χ2n) is 6.23. The Morgan fingerprint density at radius 3 is 2.96 bits per heavy atom. The number of guanidine groups is 1. The van der Waals surface area contributed by atoms with Gasteiger partial charge in [0.1, 0.15) is 0 Å². The maximum atomic E-state index is 5.69. The predicted octanol–water partition coefficient (Wildman–Crippen LogP) is 2.47. The fraction of sp³-hybridized carbons (Fsp3) is 0.706. The summed E-state index contributed by atoms with van der Waals surface area (Å²) in [7, 11) is 0. The number of aliphatic imine (C=N–C) groups is 1. The highest BCUT2D eigenvalue weighted by molar-refractivity contribution is 7.10. The van der Waals surface area contributed by atoms with E-state index in [-0.39, 0.29) is 6.10 Å². The fourth-order valence-corrected chi connectivity index (χ4v) is 3.62. The van der Waals surface area contributed by atoms with Crippen molar-refractivity contribution in [2.24, 2.45) is 4.99 Å². The van der Waals surface area contributed by atoms with Gasteiger partial charge < -0.3 is 15.4 Å². The van der Waals surface area contributed by atoms with Crippen LogP contribution >= 0.6 is 11.3 Å². The van der Waals surface area contributed by atoms with Crippen molar-refractivity contribution in [1.82, 2.24) is 15.5 Å². The quantitative estimate of drug-likeness (QED) is 0.618. The highest BCUT2D eigenvalue weighted by atomic mass is 32.1. The van der Waals surface area contributed by atoms with Crippen LogP contribution in [-0.4, -0.2) is 55.8 Å². The van der Waals surface area contributed by atoms with E-state index in [0.717, 1.165) is 38.7 Å². The highest BCUT2D eigenvalue weighted by Gasteiger charge is 2.26. The molecule has 23 heavy (non-hydrogen) atoms. The van der Waals surface area contributed by atoms with E-state index >= 15 is 0 Å². The molecule has 0 bridgehead atoms. The summed E-state index contributed by atoms with van der Waals surface area (Å²) < 4.78 is 5.69. The van der Waals surface area contributed by atoms with Crippen LogP contribution in [0.5, 0.6) is 0 Å². The number of nitrogens with one attached hydrogen (secondary N) is 2. The van der Waals surface area contributed by atoms with Gasteiger partial charge in [0.15, 0.2) is 5.96 Å². The van der Waals surface area contributed by atoms with Crippen LogP contribution in [0.2, 0.25) is 0 Å². The van der Waals surface area contributed by atoms with Gasteiger partial charge in [0.05, 0.1) is 25.3 Å². The van der Waals surface area contributed by atoms with Crippen LogP contribution in [0.1, 0.15) is 38.6 Å². The molecule has 0 radical (unpaired) electrons. The lowest BCUT2D eigenvalue weighted by Gasteiger charge is -2.36. The molecule has 0 aliphatic carbocycles. The topological polar surface area (TPSA) is 48.9 Å². The van der Waals surface area contributed by atoms with Crippen LogP contribution in [0.4, 0.5) is 0 Å². The Morgan fingerprint density at radius 2 is 2.35 bits per heavy atom. The molecule has 2 heterocycles. The van der Waals surface area contributed by atoms with Crippen molar-refractivity contribution in [2.75, 3.05) is 32.8 Å².